The molecule has 1 N–H and O–H groups in total. The van der Waals surface area contributed by atoms with Gasteiger partial charge < -0.3 is 19.7 Å². The van der Waals surface area contributed by atoms with Crippen LogP contribution in [0.2, 0.25) is 0 Å². The molecule has 1 atom stereocenters. The highest BCUT2D eigenvalue weighted by atomic mass is 19.1. The van der Waals surface area contributed by atoms with Crippen LogP contribution in [0.5, 0.6) is 0 Å². The number of pyridine rings is 2. The molecular weight excluding hydrogens is 339 g/mol. The molecule has 26 heavy (non-hydrogen) atoms. The van der Waals surface area contributed by atoms with Gasteiger partial charge in [-0.2, -0.15) is 0 Å². The van der Waals surface area contributed by atoms with Crippen molar-refractivity contribution < 1.29 is 18.7 Å². The lowest BCUT2D eigenvalue weighted by atomic mass is 10.1. The second-order valence-electron chi connectivity index (χ2n) is 5.90. The zero-order chi connectivity index (χ0) is 18.4. The van der Waals surface area contributed by atoms with Gasteiger partial charge >= 0.3 is 0 Å². The number of carbonyl (C=O) groups is 1. The van der Waals surface area contributed by atoms with Gasteiger partial charge in [-0.25, -0.2) is 9.37 Å². The molecule has 3 rings (SSSR count). The van der Waals surface area contributed by atoms with E-state index in [-0.39, 0.29) is 17.8 Å². The van der Waals surface area contributed by atoms with Crippen LogP contribution in [-0.2, 0) is 14.3 Å². The predicted molar refractivity (Wildman–Crippen MR) is 93.5 cm³/mol. The highest BCUT2D eigenvalue weighted by Gasteiger charge is 2.25. The van der Waals surface area contributed by atoms with Crippen LogP contribution in [0.25, 0.3) is 0 Å². The Morgan fingerprint density at radius 3 is 2.92 bits per heavy atom. The van der Waals surface area contributed by atoms with Gasteiger partial charge in [0.05, 0.1) is 50.0 Å². The molecule has 0 spiro atoms. The number of nitrogens with zero attached hydrogens (tertiary/aromatic N) is 3. The first-order valence-corrected chi connectivity index (χ1v) is 8.38. The molecule has 2 aromatic heterocycles. The fourth-order valence-corrected chi connectivity index (χ4v) is 2.67. The summed E-state index contributed by atoms with van der Waals surface area (Å²) in [7, 11) is 1.58. The first-order valence-electron chi connectivity index (χ1n) is 8.38. The van der Waals surface area contributed by atoms with Crippen LogP contribution < -0.4 is 5.32 Å². The summed E-state index contributed by atoms with van der Waals surface area (Å²) in [5.74, 6) is 0.202. The maximum Gasteiger partial charge on any atom is 0.225 e. The number of hydrogen-bond acceptors (Lipinski definition) is 6. The molecule has 7 nitrogen and oxygen atoms in total. The van der Waals surface area contributed by atoms with Crippen LogP contribution in [-0.4, -0.2) is 54.2 Å². The lowest BCUT2D eigenvalue weighted by Crippen LogP contribution is -2.42. The summed E-state index contributed by atoms with van der Waals surface area (Å²) in [6.45, 7) is 1.94. The van der Waals surface area contributed by atoms with Crippen molar-refractivity contribution in [2.45, 2.75) is 12.5 Å². The van der Waals surface area contributed by atoms with Gasteiger partial charge in [0, 0.05) is 13.7 Å². The van der Waals surface area contributed by atoms with Gasteiger partial charge in [-0.15, -0.1) is 0 Å². The minimum Gasteiger partial charge on any atom is -0.384 e. The van der Waals surface area contributed by atoms with Gasteiger partial charge in [-0.3, -0.25) is 9.78 Å². The second-order valence-corrected chi connectivity index (χ2v) is 5.90. The van der Waals surface area contributed by atoms with Crippen molar-refractivity contribution >= 4 is 17.4 Å². The predicted octanol–water partition coefficient (Wildman–Crippen LogP) is 2.30. The molecule has 0 radical (unpaired) electrons. The van der Waals surface area contributed by atoms with Crippen LogP contribution >= 0.6 is 0 Å². The molecule has 8 heteroatoms. The third-order valence-electron chi connectivity index (χ3n) is 4.06. The van der Waals surface area contributed by atoms with Crippen LogP contribution in [0.1, 0.15) is 18.2 Å². The molecule has 1 saturated heterocycles. The minimum absolute atomic E-state index is 0.0563. The van der Waals surface area contributed by atoms with Crippen LogP contribution in [0.4, 0.5) is 15.9 Å². The van der Waals surface area contributed by atoms with Crippen LogP contribution in [0.3, 0.4) is 0 Å². The van der Waals surface area contributed by atoms with E-state index in [9.17, 15) is 9.18 Å². The molecular formula is C18H21FN4O3. The van der Waals surface area contributed by atoms with Crippen molar-refractivity contribution in [3.8, 4) is 0 Å². The number of morpholine rings is 1. The SMILES string of the molecule is COCCC(=O)N1CCOC(c2ccc(Nc3ccc(F)cn3)cn2)C1. The average Bonchev–Trinajstić information content (AvgIpc) is 2.68. The molecule has 0 bridgehead atoms. The van der Waals surface area contributed by atoms with Gasteiger partial charge in [-0.1, -0.05) is 0 Å². The number of methoxy groups -OCH3 is 1. The zero-order valence-electron chi connectivity index (χ0n) is 14.5. The number of ether oxygens (including phenoxy) is 2. The van der Waals surface area contributed by atoms with Gasteiger partial charge in [0.25, 0.3) is 0 Å². The lowest BCUT2D eigenvalue weighted by Gasteiger charge is -2.32. The number of aromatic nitrogens is 2. The normalized spacial score (nSPS) is 17.2. The fourth-order valence-electron chi connectivity index (χ4n) is 2.67. The summed E-state index contributed by atoms with van der Waals surface area (Å²) < 4.78 is 23.6. The highest BCUT2D eigenvalue weighted by Crippen LogP contribution is 2.23. The van der Waals surface area contributed by atoms with Crippen molar-refractivity contribution in [3.05, 3.63) is 48.2 Å². The Morgan fingerprint density at radius 2 is 2.23 bits per heavy atom. The Bertz CT molecular complexity index is 724. The minimum atomic E-state index is -0.386. The number of halogens is 1. The van der Waals surface area contributed by atoms with E-state index in [2.05, 4.69) is 15.3 Å². The van der Waals surface area contributed by atoms with E-state index in [1.807, 2.05) is 12.1 Å². The van der Waals surface area contributed by atoms with E-state index >= 15 is 0 Å². The fraction of sp³-hybridized carbons (Fsp3) is 0.389. The lowest BCUT2D eigenvalue weighted by molar-refractivity contribution is -0.140. The number of carbonyl (C=O) groups excluding carboxylic acids is 1. The second kappa shape index (κ2) is 8.68. The molecule has 1 unspecified atom stereocenters. The van der Waals surface area contributed by atoms with Crippen molar-refractivity contribution in [3.63, 3.8) is 0 Å². The Morgan fingerprint density at radius 1 is 1.35 bits per heavy atom. The molecule has 0 aromatic carbocycles. The number of rotatable bonds is 6. The monoisotopic (exact) mass is 360 g/mol. The first kappa shape index (κ1) is 18.2. The summed E-state index contributed by atoms with van der Waals surface area (Å²) in [5.41, 5.74) is 1.49. The zero-order valence-corrected chi connectivity index (χ0v) is 14.5. The maximum absolute atomic E-state index is 12.9. The molecule has 1 aliphatic rings. The van der Waals surface area contributed by atoms with E-state index in [4.69, 9.17) is 9.47 Å². The largest absolute Gasteiger partial charge is 0.384 e. The molecule has 1 aliphatic heterocycles. The summed E-state index contributed by atoms with van der Waals surface area (Å²) in [6.07, 6.45) is 2.92. The molecule has 0 aliphatic carbocycles. The maximum atomic E-state index is 12.9. The van der Waals surface area contributed by atoms with Crippen molar-refractivity contribution in [2.24, 2.45) is 0 Å². The Labute approximate surface area is 151 Å². The first-order chi connectivity index (χ1) is 12.7. The highest BCUT2D eigenvalue weighted by molar-refractivity contribution is 5.76. The summed E-state index contributed by atoms with van der Waals surface area (Å²) >= 11 is 0. The van der Waals surface area contributed by atoms with Crippen LogP contribution in [0, 0.1) is 5.82 Å². The summed E-state index contributed by atoms with van der Waals surface area (Å²) in [5, 5.41) is 3.05. The van der Waals surface area contributed by atoms with E-state index in [1.165, 1.54) is 6.07 Å². The third-order valence-corrected chi connectivity index (χ3v) is 4.06. The van der Waals surface area contributed by atoms with E-state index in [0.717, 1.165) is 17.6 Å². The Hall–Kier alpha value is -2.58. The van der Waals surface area contributed by atoms with E-state index < -0.39 is 0 Å². The van der Waals surface area contributed by atoms with Crippen molar-refractivity contribution in [1.29, 1.82) is 0 Å². The molecule has 2 aromatic rings. The van der Waals surface area contributed by atoms with Gasteiger partial charge in [0.1, 0.15) is 17.7 Å². The molecule has 0 saturated carbocycles. The molecule has 3 heterocycles. The number of hydrogen-bond donors (Lipinski definition) is 1. The smallest absolute Gasteiger partial charge is 0.225 e. The standard InChI is InChI=1S/C18H21FN4O3/c1-25-8-6-18(24)23-7-9-26-16(12-23)15-4-3-14(11-20-15)22-17-5-2-13(19)10-21-17/h2-5,10-11,16H,6-9,12H2,1H3,(H,21,22). The van der Waals surface area contributed by atoms with Gasteiger partial charge in [-0.05, 0) is 24.3 Å². The number of nitrogens with one attached hydrogen (secondary N) is 1. The van der Waals surface area contributed by atoms with Crippen molar-refractivity contribution in [2.75, 3.05) is 38.7 Å². The topological polar surface area (TPSA) is 76.6 Å². The number of anilines is 2. The third kappa shape index (κ3) is 4.74. The quantitative estimate of drug-likeness (QED) is 0.852. The average molecular weight is 360 g/mol. The summed E-state index contributed by atoms with van der Waals surface area (Å²) in [6, 6.07) is 6.58. The van der Waals surface area contributed by atoms with Crippen LogP contribution in [0.15, 0.2) is 36.7 Å². The number of amides is 1. The van der Waals surface area contributed by atoms with Gasteiger partial charge in [0.2, 0.25) is 5.91 Å². The van der Waals surface area contributed by atoms with E-state index in [0.29, 0.717) is 38.5 Å². The Kier molecular flexibility index (Phi) is 6.08. The van der Waals surface area contributed by atoms with E-state index in [1.54, 1.807) is 24.3 Å². The molecule has 1 fully saturated rings. The van der Waals surface area contributed by atoms with Gasteiger partial charge in [0.15, 0.2) is 0 Å². The molecule has 1 amide bonds. The Balaban J connectivity index is 1.60. The molecule has 138 valence electrons. The summed E-state index contributed by atoms with van der Waals surface area (Å²) in [4.78, 5) is 22.3. The van der Waals surface area contributed by atoms with Crippen molar-refractivity contribution in [1.82, 2.24) is 14.9 Å².